The van der Waals surface area contributed by atoms with Crippen molar-refractivity contribution in [1.82, 2.24) is 10.2 Å². The summed E-state index contributed by atoms with van der Waals surface area (Å²) in [5.74, 6) is 0.744. The van der Waals surface area contributed by atoms with Gasteiger partial charge in [0.2, 0.25) is 5.91 Å². The number of furan rings is 1. The fourth-order valence-electron chi connectivity index (χ4n) is 2.83. The van der Waals surface area contributed by atoms with Gasteiger partial charge in [0, 0.05) is 11.9 Å². The largest absolute Gasteiger partial charge is 0.459 e. The summed E-state index contributed by atoms with van der Waals surface area (Å²) in [7, 11) is 1.86. The lowest BCUT2D eigenvalue weighted by molar-refractivity contribution is -0.122. The zero-order chi connectivity index (χ0) is 20.1. The number of para-hydroxylation sites is 1. The maximum Gasteiger partial charge on any atom is 0.387 e. The Hall–Kier alpha value is -2.93. The Balaban J connectivity index is 1.51. The summed E-state index contributed by atoms with van der Waals surface area (Å²) in [6, 6.07) is 15.9. The third-order valence-electron chi connectivity index (χ3n) is 4.55. The van der Waals surface area contributed by atoms with Gasteiger partial charge < -0.3 is 14.5 Å². The summed E-state index contributed by atoms with van der Waals surface area (Å²) in [4.78, 5) is 14.1. The number of hydrogen-bond donors (Lipinski definition) is 1. The minimum absolute atomic E-state index is 0.0658. The van der Waals surface area contributed by atoms with E-state index in [1.165, 1.54) is 12.1 Å². The van der Waals surface area contributed by atoms with E-state index in [0.29, 0.717) is 6.54 Å². The second-order valence-electron chi connectivity index (χ2n) is 6.58. The molecule has 0 spiro atoms. The maximum absolute atomic E-state index is 12.2. The van der Waals surface area contributed by atoms with E-state index in [1.807, 2.05) is 49.2 Å². The fraction of sp³-hybridized carbons (Fsp3) is 0.286. The predicted octanol–water partition coefficient (Wildman–Crippen LogP) is 4.34. The molecule has 0 radical (unpaired) electrons. The Morgan fingerprint density at radius 3 is 2.57 bits per heavy atom. The van der Waals surface area contributed by atoms with Gasteiger partial charge in [-0.15, -0.1) is 0 Å². The van der Waals surface area contributed by atoms with Crippen LogP contribution in [-0.2, 0) is 11.3 Å². The van der Waals surface area contributed by atoms with Crippen LogP contribution < -0.4 is 10.1 Å². The van der Waals surface area contributed by atoms with Gasteiger partial charge in [0.25, 0.3) is 0 Å². The highest BCUT2D eigenvalue weighted by Crippen LogP contribution is 2.26. The third kappa shape index (κ3) is 5.07. The molecule has 0 saturated heterocycles. The number of nitrogens with zero attached hydrogens (tertiary/aromatic N) is 1. The number of halogens is 2. The first kappa shape index (κ1) is 19.8. The number of ether oxygens (including phenoxy) is 1. The molecular formula is C21H22F2N2O3. The highest BCUT2D eigenvalue weighted by Gasteiger charge is 2.18. The van der Waals surface area contributed by atoms with Crippen LogP contribution >= 0.6 is 0 Å². The van der Waals surface area contributed by atoms with Gasteiger partial charge in [-0.05, 0) is 43.8 Å². The summed E-state index contributed by atoms with van der Waals surface area (Å²) in [5.41, 5.74) is 1.62. The minimum Gasteiger partial charge on any atom is -0.459 e. The first-order valence-electron chi connectivity index (χ1n) is 8.91. The summed E-state index contributed by atoms with van der Waals surface area (Å²) in [6.45, 7) is -0.368. The van der Waals surface area contributed by atoms with E-state index in [2.05, 4.69) is 10.1 Å². The molecule has 3 aromatic rings. The van der Waals surface area contributed by atoms with Gasteiger partial charge in [-0.1, -0.05) is 30.3 Å². The molecule has 1 N–H and O–H groups in total. The van der Waals surface area contributed by atoms with Crippen molar-refractivity contribution in [2.75, 3.05) is 13.6 Å². The van der Waals surface area contributed by atoms with Crippen LogP contribution in [0, 0.1) is 0 Å². The number of carbonyl (C=O) groups is 1. The topological polar surface area (TPSA) is 54.7 Å². The number of hydrogen-bond acceptors (Lipinski definition) is 4. The summed E-state index contributed by atoms with van der Waals surface area (Å²) < 4.78 is 34.5. The van der Waals surface area contributed by atoms with Gasteiger partial charge in [-0.2, -0.15) is 8.78 Å². The molecule has 1 atom stereocenters. The van der Waals surface area contributed by atoms with Crippen LogP contribution in [-0.4, -0.2) is 31.0 Å². The van der Waals surface area contributed by atoms with Crippen LogP contribution in [0.1, 0.15) is 24.3 Å². The zero-order valence-electron chi connectivity index (χ0n) is 15.7. The van der Waals surface area contributed by atoms with E-state index >= 15 is 0 Å². The SMILES string of the molecule is CC(c1cc2ccccc2o1)N(C)CC(=O)NCc1ccc(OC(F)F)cc1. The van der Waals surface area contributed by atoms with Crippen LogP contribution in [0.25, 0.3) is 11.0 Å². The lowest BCUT2D eigenvalue weighted by atomic mass is 10.2. The molecule has 3 rings (SSSR count). The van der Waals surface area contributed by atoms with E-state index in [9.17, 15) is 13.6 Å². The highest BCUT2D eigenvalue weighted by atomic mass is 19.3. The van der Waals surface area contributed by atoms with Crippen molar-refractivity contribution in [3.63, 3.8) is 0 Å². The van der Waals surface area contributed by atoms with Crippen molar-refractivity contribution in [3.05, 3.63) is 65.9 Å². The molecule has 0 aliphatic rings. The molecule has 5 nitrogen and oxygen atoms in total. The Morgan fingerprint density at radius 2 is 1.89 bits per heavy atom. The second-order valence-corrected chi connectivity index (χ2v) is 6.58. The van der Waals surface area contributed by atoms with Gasteiger partial charge in [0.1, 0.15) is 17.1 Å². The van der Waals surface area contributed by atoms with Gasteiger partial charge in [-0.25, -0.2) is 0 Å². The molecule has 2 aromatic carbocycles. The molecule has 1 amide bonds. The van der Waals surface area contributed by atoms with Crippen molar-refractivity contribution in [3.8, 4) is 5.75 Å². The molecule has 28 heavy (non-hydrogen) atoms. The lowest BCUT2D eigenvalue weighted by Gasteiger charge is -2.22. The van der Waals surface area contributed by atoms with Crippen molar-refractivity contribution in [2.45, 2.75) is 26.1 Å². The van der Waals surface area contributed by atoms with E-state index in [1.54, 1.807) is 12.1 Å². The lowest BCUT2D eigenvalue weighted by Crippen LogP contribution is -2.36. The number of alkyl halides is 2. The van der Waals surface area contributed by atoms with Gasteiger partial charge in [0.15, 0.2) is 0 Å². The Bertz CT molecular complexity index is 892. The number of nitrogens with one attached hydrogen (secondary N) is 1. The first-order chi connectivity index (χ1) is 13.4. The van der Waals surface area contributed by atoms with Crippen LogP contribution in [0.5, 0.6) is 5.75 Å². The summed E-state index contributed by atoms with van der Waals surface area (Å²) in [6.07, 6.45) is 0. The molecule has 1 aromatic heterocycles. The molecule has 1 heterocycles. The summed E-state index contributed by atoms with van der Waals surface area (Å²) in [5, 5.41) is 3.85. The molecule has 1 unspecified atom stereocenters. The smallest absolute Gasteiger partial charge is 0.387 e. The molecule has 148 valence electrons. The Labute approximate surface area is 161 Å². The normalized spacial score (nSPS) is 12.5. The average molecular weight is 388 g/mol. The van der Waals surface area contributed by atoms with Crippen molar-refractivity contribution >= 4 is 16.9 Å². The van der Waals surface area contributed by atoms with Crippen molar-refractivity contribution < 1.29 is 22.7 Å². The standard InChI is InChI=1S/C21H22F2N2O3/c1-14(19-11-16-5-3-4-6-18(16)28-19)25(2)13-20(26)24-12-15-7-9-17(10-8-15)27-21(22)23/h3-11,14,21H,12-13H2,1-2H3,(H,24,26). The predicted molar refractivity (Wildman–Crippen MR) is 102 cm³/mol. The zero-order valence-corrected chi connectivity index (χ0v) is 15.7. The molecule has 0 aliphatic carbocycles. The number of carbonyl (C=O) groups excluding carboxylic acids is 1. The molecule has 0 aliphatic heterocycles. The molecule has 0 fully saturated rings. The van der Waals surface area contributed by atoms with Crippen LogP contribution in [0.2, 0.25) is 0 Å². The van der Waals surface area contributed by atoms with Crippen LogP contribution in [0.4, 0.5) is 8.78 Å². The molecular weight excluding hydrogens is 366 g/mol. The number of fused-ring (bicyclic) bond motifs is 1. The van der Waals surface area contributed by atoms with E-state index in [4.69, 9.17) is 4.42 Å². The van der Waals surface area contributed by atoms with Crippen LogP contribution in [0.3, 0.4) is 0 Å². The number of likely N-dealkylation sites (N-methyl/N-ethyl adjacent to an activating group) is 1. The Kier molecular flexibility index (Phi) is 6.26. The number of benzene rings is 2. The maximum atomic E-state index is 12.2. The quantitative estimate of drug-likeness (QED) is 0.624. The monoisotopic (exact) mass is 388 g/mol. The first-order valence-corrected chi connectivity index (χ1v) is 8.91. The number of amides is 1. The molecule has 0 saturated carbocycles. The average Bonchev–Trinajstić information content (AvgIpc) is 3.10. The van der Waals surface area contributed by atoms with Crippen molar-refractivity contribution in [2.24, 2.45) is 0 Å². The van der Waals surface area contributed by atoms with Crippen molar-refractivity contribution in [1.29, 1.82) is 0 Å². The third-order valence-corrected chi connectivity index (χ3v) is 4.55. The second kappa shape index (κ2) is 8.84. The number of rotatable bonds is 8. The van der Waals surface area contributed by atoms with E-state index in [-0.39, 0.29) is 24.2 Å². The molecule has 0 bridgehead atoms. The summed E-state index contributed by atoms with van der Waals surface area (Å²) >= 11 is 0. The molecule has 7 heteroatoms. The minimum atomic E-state index is -2.85. The fourth-order valence-corrected chi connectivity index (χ4v) is 2.83. The Morgan fingerprint density at radius 1 is 1.18 bits per heavy atom. The van der Waals surface area contributed by atoms with Gasteiger partial charge in [0.05, 0.1) is 12.6 Å². The van der Waals surface area contributed by atoms with Crippen LogP contribution in [0.15, 0.2) is 59.0 Å². The van der Waals surface area contributed by atoms with E-state index < -0.39 is 6.61 Å². The highest BCUT2D eigenvalue weighted by molar-refractivity contribution is 5.79. The van der Waals surface area contributed by atoms with Gasteiger partial charge in [-0.3, -0.25) is 9.69 Å². The van der Waals surface area contributed by atoms with Gasteiger partial charge >= 0.3 is 6.61 Å². The van der Waals surface area contributed by atoms with E-state index in [0.717, 1.165) is 22.3 Å².